The van der Waals surface area contributed by atoms with Crippen LogP contribution in [-0.2, 0) is 4.79 Å². The standard InChI is InChI=1S/C8H16N2O/c1-9-6-8(11)10-5-7-3-2-4-7/h7,9H,2-6H2,1H3,(H,10,11). The Morgan fingerprint density at radius 3 is 2.73 bits per heavy atom. The minimum atomic E-state index is 0.111. The van der Waals surface area contributed by atoms with Crippen LogP contribution in [0.25, 0.3) is 0 Å². The van der Waals surface area contributed by atoms with Crippen LogP contribution in [0, 0.1) is 5.92 Å². The fourth-order valence-corrected chi connectivity index (χ4v) is 1.18. The Bertz CT molecular complexity index is 132. The normalized spacial score (nSPS) is 17.5. The van der Waals surface area contributed by atoms with Crippen LogP contribution in [-0.4, -0.2) is 26.0 Å². The molecule has 0 bridgehead atoms. The highest BCUT2D eigenvalue weighted by molar-refractivity contribution is 5.77. The number of carbonyl (C=O) groups is 1. The Kier molecular flexibility index (Phi) is 3.36. The molecule has 0 spiro atoms. The molecule has 3 nitrogen and oxygen atoms in total. The molecular weight excluding hydrogens is 140 g/mol. The summed E-state index contributed by atoms with van der Waals surface area (Å²) in [5, 5.41) is 5.70. The second-order valence-corrected chi connectivity index (χ2v) is 3.13. The number of rotatable bonds is 4. The van der Waals surface area contributed by atoms with Crippen LogP contribution in [0.5, 0.6) is 0 Å². The smallest absolute Gasteiger partial charge is 0.233 e. The lowest BCUT2D eigenvalue weighted by Gasteiger charge is -2.25. The van der Waals surface area contributed by atoms with Gasteiger partial charge in [0.05, 0.1) is 6.54 Å². The minimum Gasteiger partial charge on any atom is -0.355 e. The predicted octanol–water partition coefficient (Wildman–Crippen LogP) is 0.122. The van der Waals surface area contributed by atoms with Gasteiger partial charge in [-0.1, -0.05) is 6.42 Å². The summed E-state index contributed by atoms with van der Waals surface area (Å²) in [7, 11) is 1.78. The van der Waals surface area contributed by atoms with E-state index in [2.05, 4.69) is 10.6 Å². The van der Waals surface area contributed by atoms with Gasteiger partial charge in [0.15, 0.2) is 0 Å². The maximum Gasteiger partial charge on any atom is 0.233 e. The van der Waals surface area contributed by atoms with Crippen molar-refractivity contribution in [3.05, 3.63) is 0 Å². The van der Waals surface area contributed by atoms with Crippen LogP contribution in [0.2, 0.25) is 0 Å². The fraction of sp³-hybridized carbons (Fsp3) is 0.875. The monoisotopic (exact) mass is 156 g/mol. The van der Waals surface area contributed by atoms with E-state index in [-0.39, 0.29) is 5.91 Å². The molecule has 64 valence electrons. The number of nitrogens with one attached hydrogen (secondary N) is 2. The van der Waals surface area contributed by atoms with Gasteiger partial charge in [-0.3, -0.25) is 4.79 Å². The van der Waals surface area contributed by atoms with Crippen LogP contribution in [0.3, 0.4) is 0 Å². The molecule has 1 rings (SSSR count). The quantitative estimate of drug-likeness (QED) is 0.607. The van der Waals surface area contributed by atoms with Crippen molar-refractivity contribution < 1.29 is 4.79 Å². The van der Waals surface area contributed by atoms with Gasteiger partial charge < -0.3 is 10.6 Å². The molecule has 0 heterocycles. The lowest BCUT2D eigenvalue weighted by Crippen LogP contribution is -2.36. The minimum absolute atomic E-state index is 0.111. The third kappa shape index (κ3) is 2.89. The second-order valence-electron chi connectivity index (χ2n) is 3.13. The van der Waals surface area contributed by atoms with E-state index in [9.17, 15) is 4.79 Å². The fourth-order valence-electron chi connectivity index (χ4n) is 1.18. The van der Waals surface area contributed by atoms with E-state index in [1.165, 1.54) is 19.3 Å². The molecule has 1 amide bonds. The Balaban J connectivity index is 1.96. The van der Waals surface area contributed by atoms with Crippen LogP contribution in [0.1, 0.15) is 19.3 Å². The van der Waals surface area contributed by atoms with Crippen molar-refractivity contribution in [2.75, 3.05) is 20.1 Å². The average molecular weight is 156 g/mol. The summed E-state index contributed by atoms with van der Waals surface area (Å²) < 4.78 is 0. The topological polar surface area (TPSA) is 41.1 Å². The molecule has 0 aromatic rings. The van der Waals surface area contributed by atoms with E-state index in [0.717, 1.165) is 12.5 Å². The van der Waals surface area contributed by atoms with E-state index in [0.29, 0.717) is 6.54 Å². The molecule has 0 radical (unpaired) electrons. The molecule has 0 aliphatic heterocycles. The van der Waals surface area contributed by atoms with Crippen molar-refractivity contribution >= 4 is 5.91 Å². The molecule has 1 fully saturated rings. The highest BCUT2D eigenvalue weighted by Crippen LogP contribution is 2.24. The Morgan fingerprint density at radius 2 is 2.27 bits per heavy atom. The van der Waals surface area contributed by atoms with Gasteiger partial charge in [-0.05, 0) is 25.8 Å². The van der Waals surface area contributed by atoms with Crippen molar-refractivity contribution in [3.63, 3.8) is 0 Å². The van der Waals surface area contributed by atoms with Gasteiger partial charge in [-0.15, -0.1) is 0 Å². The van der Waals surface area contributed by atoms with Crippen molar-refractivity contribution in [2.24, 2.45) is 5.92 Å². The Morgan fingerprint density at radius 1 is 1.55 bits per heavy atom. The maximum absolute atomic E-state index is 10.9. The lowest BCUT2D eigenvalue weighted by molar-refractivity contribution is -0.120. The summed E-state index contributed by atoms with van der Waals surface area (Å²) in [5.41, 5.74) is 0. The van der Waals surface area contributed by atoms with Crippen LogP contribution < -0.4 is 10.6 Å². The second kappa shape index (κ2) is 4.34. The highest BCUT2D eigenvalue weighted by atomic mass is 16.1. The predicted molar refractivity (Wildman–Crippen MR) is 44.3 cm³/mol. The van der Waals surface area contributed by atoms with Crippen molar-refractivity contribution in [2.45, 2.75) is 19.3 Å². The van der Waals surface area contributed by atoms with Gasteiger partial charge in [-0.2, -0.15) is 0 Å². The molecule has 0 aromatic carbocycles. The lowest BCUT2D eigenvalue weighted by atomic mass is 9.85. The molecular formula is C8H16N2O. The van der Waals surface area contributed by atoms with Crippen molar-refractivity contribution in [1.82, 2.24) is 10.6 Å². The molecule has 0 saturated heterocycles. The van der Waals surface area contributed by atoms with Crippen molar-refractivity contribution in [1.29, 1.82) is 0 Å². The Labute approximate surface area is 67.5 Å². The largest absolute Gasteiger partial charge is 0.355 e. The molecule has 1 saturated carbocycles. The number of hydrogen-bond donors (Lipinski definition) is 2. The van der Waals surface area contributed by atoms with Crippen LogP contribution in [0.15, 0.2) is 0 Å². The van der Waals surface area contributed by atoms with Gasteiger partial charge in [0.1, 0.15) is 0 Å². The molecule has 2 N–H and O–H groups in total. The first-order valence-electron chi connectivity index (χ1n) is 4.24. The van der Waals surface area contributed by atoms with Crippen LogP contribution >= 0.6 is 0 Å². The zero-order valence-corrected chi connectivity index (χ0v) is 7.02. The third-order valence-corrected chi connectivity index (χ3v) is 2.15. The zero-order chi connectivity index (χ0) is 8.10. The number of likely N-dealkylation sites (N-methyl/N-ethyl adjacent to an activating group) is 1. The van der Waals surface area contributed by atoms with Gasteiger partial charge in [0, 0.05) is 6.54 Å². The molecule has 3 heteroatoms. The highest BCUT2D eigenvalue weighted by Gasteiger charge is 2.17. The Hall–Kier alpha value is -0.570. The summed E-state index contributed by atoms with van der Waals surface area (Å²) in [4.78, 5) is 10.9. The van der Waals surface area contributed by atoms with Gasteiger partial charge >= 0.3 is 0 Å². The number of hydrogen-bond acceptors (Lipinski definition) is 2. The van der Waals surface area contributed by atoms with E-state index in [1.807, 2.05) is 0 Å². The first-order chi connectivity index (χ1) is 5.33. The molecule has 0 aromatic heterocycles. The van der Waals surface area contributed by atoms with Gasteiger partial charge in [0.2, 0.25) is 5.91 Å². The van der Waals surface area contributed by atoms with E-state index >= 15 is 0 Å². The van der Waals surface area contributed by atoms with E-state index in [1.54, 1.807) is 7.05 Å². The van der Waals surface area contributed by atoms with Gasteiger partial charge in [-0.25, -0.2) is 0 Å². The average Bonchev–Trinajstić information content (AvgIpc) is 1.85. The molecule has 1 aliphatic carbocycles. The summed E-state index contributed by atoms with van der Waals surface area (Å²) in [6.07, 6.45) is 3.92. The molecule has 0 atom stereocenters. The zero-order valence-electron chi connectivity index (χ0n) is 7.02. The first kappa shape index (κ1) is 8.53. The molecule has 1 aliphatic rings. The van der Waals surface area contributed by atoms with Crippen molar-refractivity contribution in [3.8, 4) is 0 Å². The first-order valence-corrected chi connectivity index (χ1v) is 4.24. The number of carbonyl (C=O) groups excluding carboxylic acids is 1. The maximum atomic E-state index is 10.9. The summed E-state index contributed by atoms with van der Waals surface area (Å²) in [6.45, 7) is 1.31. The van der Waals surface area contributed by atoms with E-state index < -0.39 is 0 Å². The van der Waals surface area contributed by atoms with Gasteiger partial charge in [0.25, 0.3) is 0 Å². The van der Waals surface area contributed by atoms with E-state index in [4.69, 9.17) is 0 Å². The summed E-state index contributed by atoms with van der Waals surface area (Å²) in [5.74, 6) is 0.871. The van der Waals surface area contributed by atoms with Crippen LogP contribution in [0.4, 0.5) is 0 Å². The summed E-state index contributed by atoms with van der Waals surface area (Å²) in [6, 6.07) is 0. The molecule has 0 unspecified atom stereocenters. The third-order valence-electron chi connectivity index (χ3n) is 2.15. The molecule has 11 heavy (non-hydrogen) atoms. The number of amides is 1. The SMILES string of the molecule is CNCC(=O)NCC1CCC1. The summed E-state index contributed by atoms with van der Waals surface area (Å²) >= 11 is 0.